The Labute approximate surface area is 86.7 Å². The highest BCUT2D eigenvalue weighted by Crippen LogP contribution is 2.28. The Morgan fingerprint density at radius 2 is 2.08 bits per heavy atom. The van der Waals surface area contributed by atoms with Gasteiger partial charge in [0.05, 0.1) is 0 Å². The van der Waals surface area contributed by atoms with Crippen molar-refractivity contribution in [2.75, 3.05) is 0 Å². The van der Waals surface area contributed by atoms with Gasteiger partial charge in [0.2, 0.25) is 0 Å². The molecule has 0 aromatic heterocycles. The first-order chi connectivity index (χ1) is 5.52. The molecule has 1 rings (SSSR count). The molecule has 1 aliphatic rings. The summed E-state index contributed by atoms with van der Waals surface area (Å²) in [7, 11) is 0. The molecule has 1 saturated heterocycles. The Balaban J connectivity index is 2.74. The van der Waals surface area contributed by atoms with E-state index in [0.717, 1.165) is 0 Å². The van der Waals surface area contributed by atoms with Crippen LogP contribution in [0.3, 0.4) is 0 Å². The Morgan fingerprint density at radius 3 is 2.58 bits per heavy atom. The van der Waals surface area contributed by atoms with Gasteiger partial charge in [0.25, 0.3) is 0 Å². The molecule has 0 aromatic rings. The van der Waals surface area contributed by atoms with Crippen LogP contribution < -0.4 is 0 Å². The van der Waals surface area contributed by atoms with Crippen LogP contribution in [0.5, 0.6) is 0 Å². The van der Waals surface area contributed by atoms with E-state index in [4.69, 9.17) is 9.47 Å². The number of cyclic esters (lactones) is 1. The predicted octanol–water partition coefficient (Wildman–Crippen LogP) is 2.07. The van der Waals surface area contributed by atoms with E-state index in [2.05, 4.69) is 45.0 Å². The van der Waals surface area contributed by atoms with Crippen LogP contribution in [0.15, 0.2) is 23.4 Å². The van der Waals surface area contributed by atoms with Crippen molar-refractivity contribution < 1.29 is 14.3 Å². The zero-order valence-electron chi connectivity index (χ0n) is 6.05. The first kappa shape index (κ1) is 9.80. The lowest BCUT2D eigenvalue weighted by molar-refractivity contribution is -0.158. The number of carbonyl (C=O) groups is 1. The van der Waals surface area contributed by atoms with Crippen LogP contribution in [0.4, 0.5) is 0 Å². The lowest BCUT2D eigenvalue weighted by Crippen LogP contribution is -2.36. The highest BCUT2D eigenvalue weighted by atomic mass is 79.9. The van der Waals surface area contributed by atoms with Gasteiger partial charge in [-0.3, -0.25) is 0 Å². The van der Waals surface area contributed by atoms with Crippen LogP contribution >= 0.6 is 31.9 Å². The minimum Gasteiger partial charge on any atom is -0.468 e. The molecule has 0 bridgehead atoms. The minimum atomic E-state index is -0.559. The van der Waals surface area contributed by atoms with E-state index in [-0.39, 0.29) is 5.76 Å². The van der Waals surface area contributed by atoms with Crippen LogP contribution in [-0.2, 0) is 14.3 Å². The van der Waals surface area contributed by atoms with Gasteiger partial charge in [-0.25, -0.2) is 4.79 Å². The number of carbonyl (C=O) groups excluding carboxylic acids is 1. The normalized spacial score (nSPS) is 29.2. The van der Waals surface area contributed by atoms with Crippen molar-refractivity contribution >= 4 is 37.8 Å². The van der Waals surface area contributed by atoms with Gasteiger partial charge in [-0.1, -0.05) is 22.5 Å². The zero-order chi connectivity index (χ0) is 9.30. The van der Waals surface area contributed by atoms with Gasteiger partial charge in [0.1, 0.15) is 0 Å². The largest absolute Gasteiger partial charge is 0.468 e. The third kappa shape index (κ3) is 1.90. The maximum Gasteiger partial charge on any atom is 0.373 e. The molecule has 0 radical (unpaired) electrons. The summed E-state index contributed by atoms with van der Waals surface area (Å²) in [6.07, 6.45) is -0.511. The Morgan fingerprint density at radius 1 is 1.50 bits per heavy atom. The lowest BCUT2D eigenvalue weighted by atomic mass is 10.3. The van der Waals surface area contributed by atoms with Crippen LogP contribution in [0.25, 0.3) is 0 Å². The van der Waals surface area contributed by atoms with Crippen molar-refractivity contribution in [3.63, 3.8) is 0 Å². The maximum absolute atomic E-state index is 10.9. The fraction of sp³-hybridized carbons (Fsp3) is 0.286. The standard InChI is InChI=1S/C7H6Br2O3/c1-3(8)5-6(9)11-4(2)7(10)12-5/h5-6H,1-2H2/t5-,6?/m0/s1. The number of esters is 1. The van der Waals surface area contributed by atoms with Gasteiger partial charge in [0.15, 0.2) is 16.9 Å². The third-order valence-electron chi connectivity index (χ3n) is 1.26. The number of ether oxygens (including phenoxy) is 2. The summed E-state index contributed by atoms with van der Waals surface area (Å²) >= 11 is 6.28. The maximum atomic E-state index is 10.9. The molecule has 1 heterocycles. The molecule has 1 unspecified atom stereocenters. The highest BCUT2D eigenvalue weighted by molar-refractivity contribution is 9.12. The molecule has 1 fully saturated rings. The van der Waals surface area contributed by atoms with Crippen molar-refractivity contribution in [2.24, 2.45) is 0 Å². The average Bonchev–Trinajstić information content (AvgIpc) is 1.96. The van der Waals surface area contributed by atoms with Gasteiger partial charge in [0, 0.05) is 4.48 Å². The SMILES string of the molecule is C=C1OC(Br)[C@H](C(=C)Br)OC1=O. The summed E-state index contributed by atoms with van der Waals surface area (Å²) in [5.41, 5.74) is 0. The highest BCUT2D eigenvalue weighted by Gasteiger charge is 2.34. The summed E-state index contributed by atoms with van der Waals surface area (Å²) in [6, 6.07) is 0. The summed E-state index contributed by atoms with van der Waals surface area (Å²) in [5, 5.41) is -0.422. The van der Waals surface area contributed by atoms with E-state index >= 15 is 0 Å². The van der Waals surface area contributed by atoms with Gasteiger partial charge >= 0.3 is 5.97 Å². The summed E-state index contributed by atoms with van der Waals surface area (Å²) in [6.45, 7) is 6.96. The molecule has 1 aliphatic heterocycles. The molecule has 0 spiro atoms. The second kappa shape index (κ2) is 3.62. The van der Waals surface area contributed by atoms with Crippen molar-refractivity contribution in [1.29, 1.82) is 0 Å². The van der Waals surface area contributed by atoms with Gasteiger partial charge in [-0.2, -0.15) is 0 Å². The van der Waals surface area contributed by atoms with Crippen LogP contribution in [0, 0.1) is 0 Å². The van der Waals surface area contributed by atoms with Crippen molar-refractivity contribution in [3.8, 4) is 0 Å². The van der Waals surface area contributed by atoms with Crippen LogP contribution in [-0.4, -0.2) is 17.1 Å². The number of rotatable bonds is 1. The van der Waals surface area contributed by atoms with Gasteiger partial charge < -0.3 is 9.47 Å². The molecule has 0 saturated carbocycles. The van der Waals surface area contributed by atoms with Gasteiger partial charge in [-0.15, -0.1) is 0 Å². The average molecular weight is 298 g/mol. The Hall–Kier alpha value is -0.290. The number of halogens is 2. The molecule has 2 atom stereocenters. The molecular weight excluding hydrogens is 292 g/mol. The van der Waals surface area contributed by atoms with Crippen LogP contribution in [0.1, 0.15) is 0 Å². The van der Waals surface area contributed by atoms with Gasteiger partial charge in [-0.05, 0) is 22.5 Å². The quantitative estimate of drug-likeness (QED) is 0.422. The molecule has 0 aromatic carbocycles. The lowest BCUT2D eigenvalue weighted by Gasteiger charge is -2.28. The molecule has 5 heteroatoms. The number of hydrogen-bond acceptors (Lipinski definition) is 3. The second-order valence-corrected chi connectivity index (χ2v) is 4.09. The molecule has 0 aliphatic carbocycles. The first-order valence-electron chi connectivity index (χ1n) is 3.07. The predicted molar refractivity (Wildman–Crippen MR) is 50.9 cm³/mol. The van der Waals surface area contributed by atoms with E-state index in [1.165, 1.54) is 0 Å². The Kier molecular flexibility index (Phi) is 2.95. The smallest absolute Gasteiger partial charge is 0.373 e. The fourth-order valence-electron chi connectivity index (χ4n) is 0.686. The molecular formula is C7H6Br2O3. The van der Waals surface area contributed by atoms with E-state index in [1.54, 1.807) is 0 Å². The van der Waals surface area contributed by atoms with E-state index < -0.39 is 17.1 Å². The summed E-state index contributed by atoms with van der Waals surface area (Å²) < 4.78 is 10.5. The number of hydrogen-bond donors (Lipinski definition) is 0. The van der Waals surface area contributed by atoms with E-state index in [9.17, 15) is 4.79 Å². The Bertz CT molecular complexity index is 249. The molecule has 3 nitrogen and oxygen atoms in total. The summed E-state index contributed by atoms with van der Waals surface area (Å²) in [4.78, 5) is 10.9. The minimum absolute atomic E-state index is 0.00174. The molecule has 66 valence electrons. The van der Waals surface area contributed by atoms with Crippen LogP contribution in [0.2, 0.25) is 0 Å². The van der Waals surface area contributed by atoms with Crippen molar-refractivity contribution in [3.05, 3.63) is 23.4 Å². The topological polar surface area (TPSA) is 35.5 Å². The number of alkyl halides is 1. The third-order valence-corrected chi connectivity index (χ3v) is 2.38. The second-order valence-electron chi connectivity index (χ2n) is 2.16. The molecule has 12 heavy (non-hydrogen) atoms. The molecule has 0 N–H and O–H groups in total. The zero-order valence-corrected chi connectivity index (χ0v) is 9.22. The van der Waals surface area contributed by atoms with Crippen molar-refractivity contribution in [1.82, 2.24) is 0 Å². The fourth-order valence-corrected chi connectivity index (χ4v) is 2.03. The van der Waals surface area contributed by atoms with Crippen molar-refractivity contribution in [2.45, 2.75) is 11.1 Å². The monoisotopic (exact) mass is 296 g/mol. The van der Waals surface area contributed by atoms with E-state index in [0.29, 0.717) is 4.48 Å². The first-order valence-corrected chi connectivity index (χ1v) is 4.78. The summed E-state index contributed by atoms with van der Waals surface area (Å²) in [5.74, 6) is -0.557. The molecule has 0 amide bonds. The van der Waals surface area contributed by atoms with E-state index in [1.807, 2.05) is 0 Å².